The zero-order chi connectivity index (χ0) is 27.0. The van der Waals surface area contributed by atoms with Gasteiger partial charge in [0.15, 0.2) is 0 Å². The van der Waals surface area contributed by atoms with Crippen molar-refractivity contribution in [2.24, 2.45) is 4.99 Å². The van der Waals surface area contributed by atoms with E-state index in [0.29, 0.717) is 63.3 Å². The van der Waals surface area contributed by atoms with Crippen LogP contribution in [0.2, 0.25) is 0 Å². The summed E-state index contributed by atoms with van der Waals surface area (Å²) in [6.07, 6.45) is 7.57. The molecule has 1 saturated carbocycles. The molecule has 1 N–H and O–H groups in total. The number of halogens is 2. The minimum atomic E-state index is -0.854. The summed E-state index contributed by atoms with van der Waals surface area (Å²) in [6.45, 7) is 4.95. The molecule has 2 fully saturated rings. The lowest BCUT2D eigenvalue weighted by Gasteiger charge is -2.43. The highest BCUT2D eigenvalue weighted by Gasteiger charge is 2.50. The zero-order valence-electron chi connectivity index (χ0n) is 22.0. The van der Waals surface area contributed by atoms with Crippen LogP contribution >= 0.6 is 0 Å². The molecule has 0 bridgehead atoms. The average molecular weight is 529 g/mol. The number of hydrogen-bond donors (Lipinski definition) is 1. The lowest BCUT2D eigenvalue weighted by atomic mass is 9.81. The third-order valence-electron chi connectivity index (χ3n) is 7.97. The lowest BCUT2D eigenvalue weighted by molar-refractivity contribution is -0.120. The molecule has 1 aliphatic carbocycles. The fourth-order valence-corrected chi connectivity index (χ4v) is 5.96. The van der Waals surface area contributed by atoms with Gasteiger partial charge in [-0.05, 0) is 56.5 Å². The van der Waals surface area contributed by atoms with Crippen molar-refractivity contribution in [3.05, 3.63) is 53.3 Å². The van der Waals surface area contributed by atoms with E-state index in [1.165, 1.54) is 19.2 Å². The van der Waals surface area contributed by atoms with Crippen LogP contribution in [0.25, 0.3) is 0 Å². The van der Waals surface area contributed by atoms with Crippen molar-refractivity contribution in [1.29, 1.82) is 0 Å². The van der Waals surface area contributed by atoms with Crippen molar-refractivity contribution in [2.45, 2.75) is 69.7 Å². The first-order chi connectivity index (χ1) is 18.2. The van der Waals surface area contributed by atoms with Crippen molar-refractivity contribution in [2.75, 3.05) is 32.1 Å². The van der Waals surface area contributed by atoms with E-state index in [9.17, 15) is 9.59 Å². The normalized spacial score (nSPS) is 27.7. The number of benzene rings is 1. The molecule has 0 spiro atoms. The van der Waals surface area contributed by atoms with Gasteiger partial charge in [-0.2, -0.15) is 0 Å². The molecular weight excluding hydrogens is 494 g/mol. The second kappa shape index (κ2) is 10.5. The number of nitrogens with one attached hydrogen (secondary N) is 1. The van der Waals surface area contributed by atoms with Crippen molar-refractivity contribution >= 4 is 23.4 Å². The molecule has 3 atom stereocenters. The average Bonchev–Trinajstić information content (AvgIpc) is 3.15. The topological polar surface area (TPSA) is 83.5 Å². The van der Waals surface area contributed by atoms with Gasteiger partial charge < -0.3 is 24.6 Å². The summed E-state index contributed by atoms with van der Waals surface area (Å²) in [5.74, 6) is -0.497. The number of fused-ring (bicyclic) bond motifs is 1. The third-order valence-corrected chi connectivity index (χ3v) is 7.97. The molecule has 3 aliphatic heterocycles. The quantitative estimate of drug-likeness (QED) is 0.595. The van der Waals surface area contributed by atoms with E-state index in [1.54, 1.807) is 4.90 Å². The maximum absolute atomic E-state index is 15.7. The molecule has 0 aromatic heterocycles. The van der Waals surface area contributed by atoms with Gasteiger partial charge in [-0.15, -0.1) is 0 Å². The Morgan fingerprint density at radius 3 is 2.66 bits per heavy atom. The first-order valence-corrected chi connectivity index (χ1v) is 13.1. The van der Waals surface area contributed by atoms with Crippen LogP contribution in [0.15, 0.2) is 41.1 Å². The minimum Gasteiger partial charge on any atom is -0.453 e. The minimum absolute atomic E-state index is 0.00257. The Morgan fingerprint density at radius 2 is 1.97 bits per heavy atom. The van der Waals surface area contributed by atoms with E-state index in [-0.39, 0.29) is 23.5 Å². The molecule has 38 heavy (non-hydrogen) atoms. The smallest absolute Gasteiger partial charge is 0.409 e. The predicted octanol–water partition coefficient (Wildman–Crippen LogP) is 4.73. The van der Waals surface area contributed by atoms with E-state index >= 15 is 8.78 Å². The Bertz CT molecular complexity index is 1180. The lowest BCUT2D eigenvalue weighted by Crippen LogP contribution is -2.53. The van der Waals surface area contributed by atoms with Gasteiger partial charge in [-0.3, -0.25) is 9.79 Å². The number of allylic oxidation sites excluding steroid dienone is 2. The Labute approximate surface area is 221 Å². The summed E-state index contributed by atoms with van der Waals surface area (Å²) in [7, 11) is 1.34. The molecule has 1 aromatic carbocycles. The largest absolute Gasteiger partial charge is 0.453 e. The maximum Gasteiger partial charge on any atom is 0.409 e. The number of morpholine rings is 1. The molecule has 0 radical (unpaired) electrons. The van der Waals surface area contributed by atoms with Gasteiger partial charge >= 0.3 is 6.09 Å². The number of Topliss-reactive ketones (excluding diaryl/α,β-unsaturated/α-hetero) is 1. The molecule has 2 unspecified atom stereocenters. The summed E-state index contributed by atoms with van der Waals surface area (Å²) in [5, 5.41) is 3.20. The van der Waals surface area contributed by atoms with E-state index < -0.39 is 29.3 Å². The summed E-state index contributed by atoms with van der Waals surface area (Å²) in [6, 6.07) is 1.80. The number of amides is 1. The predicted molar refractivity (Wildman–Crippen MR) is 139 cm³/mol. The van der Waals surface area contributed by atoms with Crippen molar-refractivity contribution < 1.29 is 27.8 Å². The summed E-state index contributed by atoms with van der Waals surface area (Å²) in [4.78, 5) is 32.0. The Kier molecular flexibility index (Phi) is 7.26. The van der Waals surface area contributed by atoms with Crippen molar-refractivity contribution in [1.82, 2.24) is 9.80 Å². The number of carbonyl (C=O) groups excluding carboxylic acids is 2. The number of anilines is 1. The number of nitrogens with zero attached hydrogens (tertiary/aromatic N) is 3. The summed E-state index contributed by atoms with van der Waals surface area (Å²) < 4.78 is 42.3. The second-order valence-corrected chi connectivity index (χ2v) is 10.7. The van der Waals surface area contributed by atoms with Crippen LogP contribution in [0, 0.1) is 11.6 Å². The highest BCUT2D eigenvalue weighted by Crippen LogP contribution is 2.47. The molecular formula is C28H34F2N4O4. The first-order valence-electron chi connectivity index (χ1n) is 13.1. The highest BCUT2D eigenvalue weighted by atomic mass is 19.1. The van der Waals surface area contributed by atoms with E-state index in [2.05, 4.69) is 5.32 Å². The maximum atomic E-state index is 15.7. The number of rotatable bonds is 5. The van der Waals surface area contributed by atoms with Gasteiger partial charge in [-0.1, -0.05) is 0 Å². The van der Waals surface area contributed by atoms with Crippen LogP contribution < -0.4 is 5.32 Å². The number of carbonyl (C=O) groups is 2. The highest BCUT2D eigenvalue weighted by molar-refractivity contribution is 5.98. The van der Waals surface area contributed by atoms with Crippen LogP contribution in [-0.4, -0.2) is 72.0 Å². The monoisotopic (exact) mass is 528 g/mol. The fourth-order valence-electron chi connectivity index (χ4n) is 5.96. The molecule has 1 saturated heterocycles. The Morgan fingerprint density at radius 1 is 1.26 bits per heavy atom. The molecule has 3 heterocycles. The Balaban J connectivity index is 1.44. The Hall–Kier alpha value is -3.27. The molecule has 1 aromatic rings. The second-order valence-electron chi connectivity index (χ2n) is 10.7. The van der Waals surface area contributed by atoms with Gasteiger partial charge in [0.05, 0.1) is 37.5 Å². The van der Waals surface area contributed by atoms with E-state index in [4.69, 9.17) is 14.5 Å². The SMILES string of the molecule is COC(=O)N1CCO[C@@H](CC2(C)C(c3c(F)cc(NC4CCC(=O)CC4)cc3F)N=C3C=C(C)C=CN32)C1. The third kappa shape index (κ3) is 5.06. The van der Waals surface area contributed by atoms with Crippen LogP contribution in [0.5, 0.6) is 0 Å². The molecule has 5 rings (SSSR count). The molecule has 8 nitrogen and oxygen atoms in total. The van der Waals surface area contributed by atoms with Gasteiger partial charge in [0.2, 0.25) is 0 Å². The number of aliphatic imine (C=N–C) groups is 1. The van der Waals surface area contributed by atoms with Crippen molar-refractivity contribution in [3.63, 3.8) is 0 Å². The molecule has 4 aliphatic rings. The van der Waals surface area contributed by atoms with Crippen LogP contribution in [0.3, 0.4) is 0 Å². The number of amidine groups is 1. The van der Waals surface area contributed by atoms with Crippen LogP contribution in [0.1, 0.15) is 57.6 Å². The number of methoxy groups -OCH3 is 1. The summed E-state index contributed by atoms with van der Waals surface area (Å²) >= 11 is 0. The fraction of sp³-hybridized carbons (Fsp3) is 0.536. The van der Waals surface area contributed by atoms with E-state index in [0.717, 1.165) is 5.57 Å². The van der Waals surface area contributed by atoms with Crippen molar-refractivity contribution in [3.8, 4) is 0 Å². The van der Waals surface area contributed by atoms with Crippen LogP contribution in [-0.2, 0) is 14.3 Å². The van der Waals surface area contributed by atoms with Gasteiger partial charge in [0.1, 0.15) is 29.3 Å². The molecule has 204 valence electrons. The van der Waals surface area contributed by atoms with E-state index in [1.807, 2.05) is 37.1 Å². The summed E-state index contributed by atoms with van der Waals surface area (Å²) in [5.41, 5.74) is 0.389. The number of ketones is 1. The van der Waals surface area contributed by atoms with Crippen LogP contribution in [0.4, 0.5) is 19.3 Å². The molecule has 1 amide bonds. The van der Waals surface area contributed by atoms with Gasteiger partial charge in [-0.25, -0.2) is 13.6 Å². The standard InChI is InChI=1S/C28H34F2N4O4/c1-17-8-9-34-24(12-17)32-26(28(34,2)15-21-16-33(10-11-38-21)27(36)37-3)25-22(29)13-19(14-23(25)30)31-18-4-6-20(35)7-5-18/h8-9,12-14,18,21,26,31H,4-7,10-11,15-16H2,1-3H3/t21-,26?,28?/m0/s1. The number of ether oxygens (including phenoxy) is 2. The van der Waals surface area contributed by atoms with Gasteiger partial charge in [0.25, 0.3) is 0 Å². The number of hydrogen-bond acceptors (Lipinski definition) is 7. The zero-order valence-corrected chi connectivity index (χ0v) is 22.0. The first kappa shape index (κ1) is 26.3. The van der Waals surface area contributed by atoms with Gasteiger partial charge in [0, 0.05) is 43.7 Å². The molecule has 10 heteroatoms.